The first kappa shape index (κ1) is 28.4. The summed E-state index contributed by atoms with van der Waals surface area (Å²) in [5.41, 5.74) is 2.04. The predicted molar refractivity (Wildman–Crippen MR) is 155 cm³/mol. The molecule has 0 saturated heterocycles. The monoisotopic (exact) mass is 650 g/mol. The van der Waals surface area contributed by atoms with Gasteiger partial charge in [0.15, 0.2) is 11.4 Å². The summed E-state index contributed by atoms with van der Waals surface area (Å²) in [7, 11) is 0. The first-order valence-corrected chi connectivity index (χ1v) is 14.7. The van der Waals surface area contributed by atoms with Gasteiger partial charge < -0.3 is 9.84 Å². The number of aromatic nitrogens is 2. The van der Waals surface area contributed by atoms with Gasteiger partial charge in [-0.3, -0.25) is 0 Å². The molecule has 0 unspecified atom stereocenters. The Morgan fingerprint density at radius 1 is 0.806 bits per heavy atom. The Bertz CT molecular complexity index is 1420. The number of thioether (sulfide) groups is 2. The Kier molecular flexibility index (Phi) is 10.6. The molecule has 6 nitrogen and oxygen atoms in total. The van der Waals surface area contributed by atoms with Crippen molar-refractivity contribution in [2.45, 2.75) is 30.6 Å². The topological polar surface area (TPSA) is 89.4 Å². The van der Waals surface area contributed by atoms with E-state index in [2.05, 4.69) is 41.8 Å². The molecule has 0 aliphatic heterocycles. The van der Waals surface area contributed by atoms with Crippen LogP contribution in [-0.4, -0.2) is 45.1 Å². The Balaban J connectivity index is 0.000000202. The van der Waals surface area contributed by atoms with Gasteiger partial charge >= 0.3 is 11.9 Å². The second-order valence-corrected chi connectivity index (χ2v) is 11.7. The first-order valence-electron chi connectivity index (χ1n) is 11.1. The number of rotatable bonds is 7. The Hall–Kier alpha value is -2.14. The van der Waals surface area contributed by atoms with E-state index in [1.807, 2.05) is 62.4 Å². The number of ether oxygens (including phenoxy) is 1. The third kappa shape index (κ3) is 7.21. The summed E-state index contributed by atoms with van der Waals surface area (Å²) in [6.45, 7) is 6.18. The number of carboxylic acids is 1. The highest BCUT2D eigenvalue weighted by Gasteiger charge is 2.16. The second-order valence-electron chi connectivity index (χ2n) is 7.24. The lowest BCUT2D eigenvalue weighted by molar-refractivity contribution is 0.0515. The van der Waals surface area contributed by atoms with Crippen molar-refractivity contribution in [2.75, 3.05) is 18.1 Å². The molecule has 2 heterocycles. The van der Waals surface area contributed by atoms with Gasteiger partial charge in [-0.1, -0.05) is 45.7 Å². The molecule has 2 aromatic heterocycles. The maximum atomic E-state index is 11.9. The minimum absolute atomic E-state index is 0.131. The van der Waals surface area contributed by atoms with Crippen LogP contribution in [0.5, 0.6) is 0 Å². The van der Waals surface area contributed by atoms with Crippen LogP contribution in [0, 0.1) is 0 Å². The van der Waals surface area contributed by atoms with Crippen LogP contribution in [0.1, 0.15) is 41.7 Å². The Morgan fingerprint density at radius 3 is 1.72 bits per heavy atom. The maximum absolute atomic E-state index is 11.9. The molecule has 0 atom stereocenters. The van der Waals surface area contributed by atoms with E-state index in [-0.39, 0.29) is 11.7 Å². The van der Waals surface area contributed by atoms with Gasteiger partial charge in [-0.05, 0) is 67.0 Å². The van der Waals surface area contributed by atoms with Crippen LogP contribution in [0.25, 0.3) is 21.8 Å². The molecule has 0 radical (unpaired) electrons. The van der Waals surface area contributed by atoms with Crippen LogP contribution in [0.15, 0.2) is 67.3 Å². The van der Waals surface area contributed by atoms with E-state index in [4.69, 9.17) is 9.84 Å². The Labute approximate surface area is 234 Å². The van der Waals surface area contributed by atoms with Crippen molar-refractivity contribution in [3.05, 3.63) is 68.9 Å². The number of benzene rings is 2. The molecule has 0 amide bonds. The number of hydrogen-bond donors (Lipinski definition) is 1. The van der Waals surface area contributed by atoms with Crippen molar-refractivity contribution in [2.24, 2.45) is 0 Å². The van der Waals surface area contributed by atoms with Gasteiger partial charge in [-0.15, -0.1) is 23.5 Å². The lowest BCUT2D eigenvalue weighted by Gasteiger charge is -2.09. The molecule has 10 heteroatoms. The van der Waals surface area contributed by atoms with Crippen LogP contribution in [0.2, 0.25) is 0 Å². The summed E-state index contributed by atoms with van der Waals surface area (Å²) >= 11 is 9.93. The molecule has 0 aliphatic rings. The summed E-state index contributed by atoms with van der Waals surface area (Å²) in [5, 5.41) is 11.1. The largest absolute Gasteiger partial charge is 0.476 e. The third-order valence-corrected chi connectivity index (χ3v) is 7.56. The van der Waals surface area contributed by atoms with Crippen LogP contribution in [-0.2, 0) is 4.74 Å². The standard InChI is InChI=1S/C14H14BrNO2S.C12H10BrNO2S/c1-3-18-14(17)13-12(19-4-2)8-9-7-10(15)5-6-11(9)16-13;1-2-17-10-6-7-5-8(13)3-4-9(7)14-11(10)12(15)16/h5-8H,3-4H2,1-2H3;3-6H,2H2,1H3,(H,15,16). The fourth-order valence-corrected chi connectivity index (χ4v) is 5.62. The molecule has 4 rings (SSSR count). The summed E-state index contributed by atoms with van der Waals surface area (Å²) < 4.78 is 7.02. The molecule has 2 aromatic carbocycles. The van der Waals surface area contributed by atoms with Crippen molar-refractivity contribution in [1.82, 2.24) is 9.97 Å². The van der Waals surface area contributed by atoms with Gasteiger partial charge in [0.2, 0.25) is 0 Å². The number of esters is 1. The minimum Gasteiger partial charge on any atom is -0.476 e. The highest BCUT2D eigenvalue weighted by Crippen LogP contribution is 2.29. The third-order valence-electron chi connectivity index (χ3n) is 4.75. The van der Waals surface area contributed by atoms with Crippen LogP contribution in [0.4, 0.5) is 0 Å². The Morgan fingerprint density at radius 2 is 1.28 bits per heavy atom. The highest BCUT2D eigenvalue weighted by molar-refractivity contribution is 9.10. The average Bonchev–Trinajstić information content (AvgIpc) is 2.84. The van der Waals surface area contributed by atoms with Crippen molar-refractivity contribution >= 4 is 89.1 Å². The molecule has 188 valence electrons. The fourth-order valence-electron chi connectivity index (χ4n) is 3.29. The summed E-state index contributed by atoms with van der Waals surface area (Å²) in [4.78, 5) is 33.3. The van der Waals surface area contributed by atoms with Crippen LogP contribution < -0.4 is 0 Å². The number of aromatic carboxylic acids is 1. The lowest BCUT2D eigenvalue weighted by Crippen LogP contribution is -2.09. The SMILES string of the molecule is CCOC(=O)c1nc2ccc(Br)cc2cc1SCC.CCSc1cc2cc(Br)ccc2nc1C(=O)O. The van der Waals surface area contributed by atoms with Crippen molar-refractivity contribution in [3.63, 3.8) is 0 Å². The first-order chi connectivity index (χ1) is 17.3. The van der Waals surface area contributed by atoms with E-state index in [9.17, 15) is 9.59 Å². The lowest BCUT2D eigenvalue weighted by atomic mass is 10.2. The number of pyridine rings is 2. The number of nitrogens with zero attached hydrogens (tertiary/aromatic N) is 2. The maximum Gasteiger partial charge on any atom is 0.358 e. The number of carboxylic acid groups (broad SMARTS) is 1. The number of hydrogen-bond acceptors (Lipinski definition) is 7. The molecule has 0 fully saturated rings. The normalized spacial score (nSPS) is 10.7. The van der Waals surface area contributed by atoms with Crippen LogP contribution >= 0.6 is 55.4 Å². The van der Waals surface area contributed by atoms with Crippen LogP contribution in [0.3, 0.4) is 0 Å². The van der Waals surface area contributed by atoms with Gasteiger partial charge in [0.1, 0.15) is 0 Å². The minimum atomic E-state index is -0.981. The van der Waals surface area contributed by atoms with E-state index < -0.39 is 5.97 Å². The van der Waals surface area contributed by atoms with E-state index in [0.717, 1.165) is 41.6 Å². The predicted octanol–water partition coefficient (Wildman–Crippen LogP) is 8.09. The quantitative estimate of drug-likeness (QED) is 0.158. The summed E-state index contributed by atoms with van der Waals surface area (Å²) in [6, 6.07) is 15.3. The van der Waals surface area contributed by atoms with E-state index in [1.165, 1.54) is 11.8 Å². The molecule has 36 heavy (non-hydrogen) atoms. The molecule has 1 N–H and O–H groups in total. The molecule has 4 aromatic rings. The molecule has 0 saturated carbocycles. The zero-order valence-corrected chi connectivity index (χ0v) is 24.7. The second kappa shape index (κ2) is 13.4. The highest BCUT2D eigenvalue weighted by atomic mass is 79.9. The molecular weight excluding hydrogens is 628 g/mol. The number of carbonyl (C=O) groups is 2. The van der Waals surface area contributed by atoms with Gasteiger partial charge in [0, 0.05) is 29.5 Å². The van der Waals surface area contributed by atoms with Gasteiger partial charge in [-0.2, -0.15) is 0 Å². The number of halogens is 2. The smallest absolute Gasteiger partial charge is 0.358 e. The average molecular weight is 652 g/mol. The molecule has 0 spiro atoms. The summed E-state index contributed by atoms with van der Waals surface area (Å²) in [5.74, 6) is 0.365. The van der Waals surface area contributed by atoms with E-state index >= 15 is 0 Å². The van der Waals surface area contributed by atoms with E-state index in [1.54, 1.807) is 18.7 Å². The molecular formula is C26H24Br2N2O4S2. The van der Waals surface area contributed by atoms with Crippen molar-refractivity contribution in [3.8, 4) is 0 Å². The summed E-state index contributed by atoms with van der Waals surface area (Å²) in [6.07, 6.45) is 0. The molecule has 0 bridgehead atoms. The zero-order chi connectivity index (χ0) is 26.2. The number of carbonyl (C=O) groups excluding carboxylic acids is 1. The number of fused-ring (bicyclic) bond motifs is 2. The van der Waals surface area contributed by atoms with E-state index in [0.29, 0.717) is 22.7 Å². The van der Waals surface area contributed by atoms with Crippen molar-refractivity contribution in [1.29, 1.82) is 0 Å². The fraction of sp³-hybridized carbons (Fsp3) is 0.231. The van der Waals surface area contributed by atoms with Crippen molar-refractivity contribution < 1.29 is 19.4 Å². The molecule has 0 aliphatic carbocycles. The zero-order valence-electron chi connectivity index (χ0n) is 19.9. The van der Waals surface area contributed by atoms with Gasteiger partial charge in [-0.25, -0.2) is 19.6 Å². The van der Waals surface area contributed by atoms with Gasteiger partial charge in [0.25, 0.3) is 0 Å². The van der Waals surface area contributed by atoms with Gasteiger partial charge in [0.05, 0.1) is 17.6 Å².